The molecule has 0 aliphatic heterocycles. The molecule has 0 aliphatic carbocycles. The van der Waals surface area contributed by atoms with Gasteiger partial charge in [0.05, 0.1) is 0 Å². The van der Waals surface area contributed by atoms with Crippen LogP contribution in [0.4, 0.5) is 10.1 Å². The Hall–Kier alpha value is -1.20. The maximum absolute atomic E-state index is 13.2. The van der Waals surface area contributed by atoms with Gasteiger partial charge in [0.2, 0.25) is 0 Å². The van der Waals surface area contributed by atoms with Crippen LogP contribution in [-0.2, 0) is 5.33 Å². The van der Waals surface area contributed by atoms with Gasteiger partial charge in [-0.2, -0.15) is 0 Å². The summed E-state index contributed by atoms with van der Waals surface area (Å²) >= 11 is 6.52. The predicted molar refractivity (Wildman–Crippen MR) is 81.1 cm³/mol. The molecule has 0 aliphatic rings. The number of alkyl halides is 1. The van der Waals surface area contributed by atoms with E-state index < -0.39 is 5.82 Å². The largest absolute Gasteiger partial charge is 0.322 e. The van der Waals surface area contributed by atoms with Gasteiger partial charge < -0.3 is 5.32 Å². The molecule has 1 N–H and O–H groups in total. The van der Waals surface area contributed by atoms with E-state index in [4.69, 9.17) is 0 Å². The van der Waals surface area contributed by atoms with E-state index in [0.29, 0.717) is 15.5 Å². The summed E-state index contributed by atoms with van der Waals surface area (Å²) in [5.41, 5.74) is 2.01. The second-order valence-corrected chi connectivity index (χ2v) is 5.42. The maximum atomic E-state index is 13.2. The normalized spacial score (nSPS) is 10.3. The summed E-state index contributed by atoms with van der Waals surface area (Å²) in [7, 11) is 0. The quantitative estimate of drug-likeness (QED) is 0.758. The van der Waals surface area contributed by atoms with Crippen molar-refractivity contribution >= 4 is 43.5 Å². The van der Waals surface area contributed by atoms with Crippen LogP contribution in [0.15, 0.2) is 46.9 Å². The van der Waals surface area contributed by atoms with E-state index in [0.717, 1.165) is 5.56 Å². The van der Waals surface area contributed by atoms with Gasteiger partial charge in [-0.15, -0.1) is 0 Å². The predicted octanol–water partition coefficient (Wildman–Crippen LogP) is 4.74. The number of carbonyl (C=O) groups excluding carboxylic acids is 1. The molecule has 5 heteroatoms. The molecular weight excluding hydrogens is 377 g/mol. The van der Waals surface area contributed by atoms with Gasteiger partial charge in [-0.25, -0.2) is 4.39 Å². The highest BCUT2D eigenvalue weighted by atomic mass is 79.9. The Morgan fingerprint density at radius 3 is 2.68 bits per heavy atom. The molecule has 1 amide bonds. The van der Waals surface area contributed by atoms with Crippen molar-refractivity contribution in [2.75, 3.05) is 5.32 Å². The van der Waals surface area contributed by atoms with Gasteiger partial charge in [-0.05, 0) is 35.9 Å². The van der Waals surface area contributed by atoms with E-state index in [2.05, 4.69) is 37.2 Å². The van der Waals surface area contributed by atoms with Crippen molar-refractivity contribution in [1.29, 1.82) is 0 Å². The molecule has 19 heavy (non-hydrogen) atoms. The fraction of sp³-hybridized carbons (Fsp3) is 0.0714. The van der Waals surface area contributed by atoms with Crippen molar-refractivity contribution in [1.82, 2.24) is 0 Å². The SMILES string of the molecule is O=C(Nc1cccc(CBr)c1)c1cc(F)cc(Br)c1. The van der Waals surface area contributed by atoms with Crippen molar-refractivity contribution in [2.24, 2.45) is 0 Å². The zero-order valence-corrected chi connectivity index (χ0v) is 13.0. The molecule has 98 valence electrons. The lowest BCUT2D eigenvalue weighted by molar-refractivity contribution is 0.102. The summed E-state index contributed by atoms with van der Waals surface area (Å²) in [6, 6.07) is 11.5. The molecule has 0 spiro atoms. The van der Waals surface area contributed by atoms with E-state index in [1.54, 1.807) is 12.1 Å². The average molecular weight is 387 g/mol. The molecule has 2 nitrogen and oxygen atoms in total. The van der Waals surface area contributed by atoms with Crippen molar-refractivity contribution in [2.45, 2.75) is 5.33 Å². The van der Waals surface area contributed by atoms with Crippen LogP contribution in [0, 0.1) is 5.82 Å². The van der Waals surface area contributed by atoms with E-state index in [1.165, 1.54) is 12.1 Å². The summed E-state index contributed by atoms with van der Waals surface area (Å²) in [5.74, 6) is -0.791. The molecule has 0 heterocycles. The fourth-order valence-electron chi connectivity index (χ4n) is 1.62. The van der Waals surface area contributed by atoms with Crippen molar-refractivity contribution in [3.8, 4) is 0 Å². The molecule has 2 rings (SSSR count). The van der Waals surface area contributed by atoms with Crippen LogP contribution in [0.3, 0.4) is 0 Å². The highest BCUT2D eigenvalue weighted by molar-refractivity contribution is 9.10. The first kappa shape index (κ1) is 14.2. The van der Waals surface area contributed by atoms with E-state index >= 15 is 0 Å². The van der Waals surface area contributed by atoms with Gasteiger partial charge in [0.15, 0.2) is 0 Å². The summed E-state index contributed by atoms with van der Waals surface area (Å²) < 4.78 is 13.8. The van der Waals surface area contributed by atoms with Gasteiger partial charge in [-0.1, -0.05) is 44.0 Å². The van der Waals surface area contributed by atoms with Gasteiger partial charge in [0, 0.05) is 21.1 Å². The van der Waals surface area contributed by atoms with Crippen LogP contribution in [0.1, 0.15) is 15.9 Å². The number of hydrogen-bond acceptors (Lipinski definition) is 1. The Morgan fingerprint density at radius 2 is 2.00 bits per heavy atom. The van der Waals surface area contributed by atoms with E-state index in [-0.39, 0.29) is 11.5 Å². The molecule has 2 aromatic carbocycles. The molecule has 0 bridgehead atoms. The fourth-order valence-corrected chi connectivity index (χ4v) is 2.43. The molecular formula is C14H10Br2FNO. The zero-order valence-electron chi connectivity index (χ0n) is 9.79. The number of hydrogen-bond donors (Lipinski definition) is 1. The van der Waals surface area contributed by atoms with E-state index in [9.17, 15) is 9.18 Å². The molecule has 0 radical (unpaired) electrons. The van der Waals surface area contributed by atoms with E-state index in [1.807, 2.05) is 18.2 Å². The van der Waals surface area contributed by atoms with Gasteiger partial charge >= 0.3 is 0 Å². The molecule has 0 saturated heterocycles. The first-order chi connectivity index (χ1) is 9.08. The third-order valence-electron chi connectivity index (χ3n) is 2.46. The summed E-state index contributed by atoms with van der Waals surface area (Å²) in [4.78, 5) is 12.0. The summed E-state index contributed by atoms with van der Waals surface area (Å²) in [6.45, 7) is 0. The second kappa shape index (κ2) is 6.30. The zero-order chi connectivity index (χ0) is 13.8. The highest BCUT2D eigenvalue weighted by Gasteiger charge is 2.09. The number of nitrogens with one attached hydrogen (secondary N) is 1. The lowest BCUT2D eigenvalue weighted by Gasteiger charge is -2.07. The minimum absolute atomic E-state index is 0.274. The van der Waals surface area contributed by atoms with Crippen LogP contribution in [0.25, 0.3) is 0 Å². The minimum atomic E-state index is -0.450. The number of halogens is 3. The second-order valence-electron chi connectivity index (χ2n) is 3.95. The van der Waals surface area contributed by atoms with Crippen molar-refractivity contribution < 1.29 is 9.18 Å². The van der Waals surface area contributed by atoms with Crippen LogP contribution >= 0.6 is 31.9 Å². The summed E-state index contributed by atoms with van der Waals surface area (Å²) in [6.07, 6.45) is 0. The summed E-state index contributed by atoms with van der Waals surface area (Å²) in [5, 5.41) is 3.45. The topological polar surface area (TPSA) is 29.1 Å². The van der Waals surface area contributed by atoms with Gasteiger partial charge in [0.1, 0.15) is 5.82 Å². The first-order valence-corrected chi connectivity index (χ1v) is 7.42. The minimum Gasteiger partial charge on any atom is -0.322 e. The third kappa shape index (κ3) is 3.88. The highest BCUT2D eigenvalue weighted by Crippen LogP contribution is 2.18. The Bertz CT molecular complexity index is 596. The first-order valence-electron chi connectivity index (χ1n) is 5.51. The average Bonchev–Trinajstić information content (AvgIpc) is 2.37. The number of benzene rings is 2. The lowest BCUT2D eigenvalue weighted by Crippen LogP contribution is -2.12. The van der Waals surface area contributed by atoms with Crippen LogP contribution in [0.2, 0.25) is 0 Å². The lowest BCUT2D eigenvalue weighted by atomic mass is 10.2. The Balaban J connectivity index is 2.20. The number of rotatable bonds is 3. The monoisotopic (exact) mass is 385 g/mol. The molecule has 0 fully saturated rings. The maximum Gasteiger partial charge on any atom is 0.255 e. The van der Waals surface area contributed by atoms with Crippen molar-refractivity contribution in [3.63, 3.8) is 0 Å². The molecule has 0 atom stereocenters. The molecule has 0 aromatic heterocycles. The Kier molecular flexibility index (Phi) is 4.71. The number of amides is 1. The third-order valence-corrected chi connectivity index (χ3v) is 3.57. The molecule has 2 aromatic rings. The Labute approximate surface area is 127 Å². The van der Waals surface area contributed by atoms with Gasteiger partial charge in [0.25, 0.3) is 5.91 Å². The molecule has 0 saturated carbocycles. The van der Waals surface area contributed by atoms with Crippen molar-refractivity contribution in [3.05, 3.63) is 63.9 Å². The molecule has 0 unspecified atom stereocenters. The standard InChI is InChI=1S/C14H10Br2FNO/c15-8-9-2-1-3-13(4-9)18-14(19)10-5-11(16)7-12(17)6-10/h1-7H,8H2,(H,18,19). The van der Waals surface area contributed by atoms with Crippen LogP contribution in [-0.4, -0.2) is 5.91 Å². The number of anilines is 1. The number of carbonyl (C=O) groups is 1. The smallest absolute Gasteiger partial charge is 0.255 e. The van der Waals surface area contributed by atoms with Gasteiger partial charge in [-0.3, -0.25) is 4.79 Å². The Morgan fingerprint density at radius 1 is 1.21 bits per heavy atom. The van der Waals surface area contributed by atoms with Crippen LogP contribution in [0.5, 0.6) is 0 Å². The van der Waals surface area contributed by atoms with Crippen LogP contribution < -0.4 is 5.32 Å².